The topological polar surface area (TPSA) is 20.2 Å². The van der Waals surface area contributed by atoms with Gasteiger partial charge < -0.3 is 0 Å². The van der Waals surface area contributed by atoms with Crippen LogP contribution in [-0.2, 0) is 0 Å². The van der Waals surface area contributed by atoms with Crippen LogP contribution in [0.1, 0.15) is 156 Å². The van der Waals surface area contributed by atoms with E-state index in [4.69, 9.17) is 0 Å². The zero-order valence-corrected chi connectivity index (χ0v) is 22.8. The first kappa shape index (κ1) is 30.4. The van der Waals surface area contributed by atoms with E-state index in [1.807, 2.05) is 0 Å². The summed E-state index contributed by atoms with van der Waals surface area (Å²) in [6.45, 7) is 6.70. The van der Waals surface area contributed by atoms with E-state index in [-0.39, 0.29) is 0 Å². The fourth-order valence-electron chi connectivity index (χ4n) is 5.08. The van der Waals surface area contributed by atoms with Gasteiger partial charge in [0.2, 0.25) is 0 Å². The van der Waals surface area contributed by atoms with Crippen molar-refractivity contribution in [2.75, 3.05) is 24.6 Å². The normalized spacial score (nSPS) is 13.4. The molecule has 0 unspecified atom stereocenters. The van der Waals surface area contributed by atoms with Gasteiger partial charge in [-0.25, -0.2) is 0 Å². The molecule has 0 radical (unpaired) electrons. The molecule has 184 valence electrons. The van der Waals surface area contributed by atoms with Gasteiger partial charge in [-0.2, -0.15) is 0 Å². The fraction of sp³-hybridized carbons (Fsp3) is 1.00. The fourth-order valence-corrected chi connectivity index (χ4v) is 10.8. The van der Waals surface area contributed by atoms with Gasteiger partial charge in [0.05, 0.1) is 0 Å². The Kier molecular flexibility index (Phi) is 20.3. The molecule has 0 heterocycles. The van der Waals surface area contributed by atoms with Crippen LogP contribution in [0.3, 0.4) is 0 Å². The molecule has 0 bridgehead atoms. The summed E-state index contributed by atoms with van der Waals surface area (Å²) >= 11 is 0. The van der Waals surface area contributed by atoms with Crippen LogP contribution < -0.4 is 0 Å². The zero-order valence-electron chi connectivity index (χ0n) is 21.9. The van der Waals surface area contributed by atoms with Gasteiger partial charge in [-0.05, 0) is 0 Å². The molecule has 0 spiro atoms. The Morgan fingerprint density at radius 2 is 0.567 bits per heavy atom. The Morgan fingerprint density at radius 3 is 0.867 bits per heavy atom. The third-order valence-electron chi connectivity index (χ3n) is 7.34. The molecule has 0 rings (SSSR count). The number of unbranched alkanes of at least 4 members (excludes halogenated alkanes) is 16. The minimum atomic E-state index is -2.45. The van der Waals surface area contributed by atoms with Crippen molar-refractivity contribution in [3.05, 3.63) is 0 Å². The summed E-state index contributed by atoms with van der Waals surface area (Å²) in [6.07, 6.45) is 31.9. The summed E-state index contributed by atoms with van der Waals surface area (Å²) < 4.78 is 0. The molecule has 0 aliphatic heterocycles. The molecule has 0 aromatic heterocycles. The number of hydrogen-bond donors (Lipinski definition) is 1. The third-order valence-corrected chi connectivity index (χ3v) is 13.2. The van der Waals surface area contributed by atoms with Crippen molar-refractivity contribution < 1.29 is 4.89 Å². The first-order chi connectivity index (χ1) is 14.5. The Morgan fingerprint density at radius 1 is 0.333 bits per heavy atom. The van der Waals surface area contributed by atoms with E-state index in [2.05, 4.69) is 27.7 Å². The molecule has 0 saturated heterocycles. The molecule has 0 saturated carbocycles. The van der Waals surface area contributed by atoms with E-state index in [1.54, 1.807) is 0 Å². The average molecular weight is 445 g/mol. The summed E-state index contributed by atoms with van der Waals surface area (Å²) in [5.41, 5.74) is 0. The Labute approximate surface area is 192 Å². The summed E-state index contributed by atoms with van der Waals surface area (Å²) in [4.78, 5) is 12.1. The summed E-state index contributed by atoms with van der Waals surface area (Å²) in [7, 11) is 0. The average Bonchev–Trinajstić information content (AvgIpc) is 2.76. The van der Waals surface area contributed by atoms with Gasteiger partial charge in [0.15, 0.2) is 0 Å². The van der Waals surface area contributed by atoms with Gasteiger partial charge in [0.25, 0.3) is 0 Å². The van der Waals surface area contributed by atoms with Crippen LogP contribution in [-0.4, -0.2) is 29.5 Å². The van der Waals surface area contributed by atoms with E-state index in [0.29, 0.717) is 0 Å². The van der Waals surface area contributed by atoms with Gasteiger partial charge in [-0.3, -0.25) is 0 Å². The number of hydrogen-bond acceptors (Lipinski definition) is 1. The predicted molar refractivity (Wildman–Crippen MR) is 144 cm³/mol. The molecule has 1 N–H and O–H groups in total. The second kappa shape index (κ2) is 20.0. The molecule has 0 amide bonds. The van der Waals surface area contributed by atoms with Crippen LogP contribution in [0.25, 0.3) is 0 Å². The summed E-state index contributed by atoms with van der Waals surface area (Å²) in [6, 6.07) is 0. The van der Waals surface area contributed by atoms with E-state index in [1.165, 1.54) is 135 Å². The quantitative estimate of drug-likeness (QED) is 0.116. The van der Waals surface area contributed by atoms with Gasteiger partial charge in [0.1, 0.15) is 0 Å². The zero-order chi connectivity index (χ0) is 22.4. The van der Waals surface area contributed by atoms with E-state index in [9.17, 15) is 4.89 Å². The SMILES string of the molecule is CCCCCCCCCCCCCCCCP(O)(CCCC)(CCCC)CCCC. The van der Waals surface area contributed by atoms with Gasteiger partial charge in [-0.15, -0.1) is 0 Å². The van der Waals surface area contributed by atoms with Crippen LogP contribution in [0.5, 0.6) is 0 Å². The molecule has 0 aliphatic rings. The van der Waals surface area contributed by atoms with Gasteiger partial charge in [-0.1, -0.05) is 26.2 Å². The van der Waals surface area contributed by atoms with Crippen molar-refractivity contribution in [2.45, 2.75) is 156 Å². The third kappa shape index (κ3) is 16.1. The van der Waals surface area contributed by atoms with Gasteiger partial charge >= 0.3 is 166 Å². The molecular weight excluding hydrogens is 383 g/mol. The van der Waals surface area contributed by atoms with E-state index < -0.39 is 6.83 Å². The Hall–Kier alpha value is 0.390. The molecule has 1 nitrogen and oxygen atoms in total. The first-order valence-electron chi connectivity index (χ1n) is 14.3. The van der Waals surface area contributed by atoms with Crippen molar-refractivity contribution in [3.63, 3.8) is 0 Å². The number of rotatable bonds is 24. The monoisotopic (exact) mass is 444 g/mol. The van der Waals surface area contributed by atoms with Crippen LogP contribution >= 0.6 is 6.83 Å². The standard InChI is InChI=1S/C28H61OP/c1-5-9-13-14-15-16-17-18-19-20-21-22-23-24-28-30(29,25-10-6-2,26-11-7-3)27-12-8-4/h29H,5-28H2,1-4H3. The van der Waals surface area contributed by atoms with Crippen LogP contribution in [0.2, 0.25) is 0 Å². The van der Waals surface area contributed by atoms with Crippen molar-refractivity contribution in [2.24, 2.45) is 0 Å². The summed E-state index contributed by atoms with van der Waals surface area (Å²) in [5, 5.41) is 0. The predicted octanol–water partition coefficient (Wildman–Crippen LogP) is 10.3. The van der Waals surface area contributed by atoms with Crippen LogP contribution in [0, 0.1) is 0 Å². The van der Waals surface area contributed by atoms with Crippen molar-refractivity contribution in [3.8, 4) is 0 Å². The maximum absolute atomic E-state index is 12.1. The van der Waals surface area contributed by atoms with Crippen molar-refractivity contribution in [1.82, 2.24) is 0 Å². The molecule has 0 fully saturated rings. The van der Waals surface area contributed by atoms with Crippen molar-refractivity contribution in [1.29, 1.82) is 0 Å². The van der Waals surface area contributed by atoms with Crippen LogP contribution in [0.4, 0.5) is 0 Å². The van der Waals surface area contributed by atoms with E-state index >= 15 is 0 Å². The maximum atomic E-state index is 12.1. The molecule has 30 heavy (non-hydrogen) atoms. The Bertz CT molecular complexity index is 330. The molecule has 0 atom stereocenters. The Balaban J connectivity index is 3.99. The molecular formula is C28H61OP. The summed E-state index contributed by atoms with van der Waals surface area (Å²) in [5.74, 6) is 0. The first-order valence-corrected chi connectivity index (χ1v) is 17.2. The molecule has 0 aliphatic carbocycles. The molecule has 2 heteroatoms. The minimum absolute atomic E-state index is 1.15. The van der Waals surface area contributed by atoms with Crippen LogP contribution in [0.15, 0.2) is 0 Å². The molecule has 0 aromatic rings. The van der Waals surface area contributed by atoms with Gasteiger partial charge in [0, 0.05) is 0 Å². The second-order valence-corrected chi connectivity index (χ2v) is 16.1. The molecule has 0 aromatic carbocycles. The second-order valence-electron chi connectivity index (χ2n) is 10.5. The van der Waals surface area contributed by atoms with E-state index in [0.717, 1.165) is 18.5 Å². The van der Waals surface area contributed by atoms with Crippen molar-refractivity contribution >= 4 is 6.83 Å².